The van der Waals surface area contributed by atoms with E-state index in [4.69, 9.17) is 0 Å². The summed E-state index contributed by atoms with van der Waals surface area (Å²) in [6, 6.07) is 0. The molecule has 0 bridgehead atoms. The van der Waals surface area contributed by atoms with Crippen molar-refractivity contribution in [3.63, 3.8) is 0 Å². The SMILES string of the molecule is CCCCCC1=CC(C)(CC(C)C)CC1. The summed E-state index contributed by atoms with van der Waals surface area (Å²) in [5.74, 6) is 0.834. The zero-order valence-corrected chi connectivity index (χ0v) is 11.1. The van der Waals surface area contributed by atoms with E-state index in [1.807, 2.05) is 0 Å². The number of rotatable bonds is 6. The third kappa shape index (κ3) is 4.40. The lowest BCUT2D eigenvalue weighted by molar-refractivity contribution is 0.328. The Kier molecular flexibility index (Phi) is 4.89. The van der Waals surface area contributed by atoms with Gasteiger partial charge >= 0.3 is 0 Å². The molecule has 0 N–H and O–H groups in total. The summed E-state index contributed by atoms with van der Waals surface area (Å²) in [5, 5.41) is 0. The minimum atomic E-state index is 0.524. The molecule has 1 rings (SSSR count). The predicted molar refractivity (Wildman–Crippen MR) is 69.0 cm³/mol. The van der Waals surface area contributed by atoms with Gasteiger partial charge in [0.2, 0.25) is 0 Å². The van der Waals surface area contributed by atoms with Crippen LogP contribution in [0.2, 0.25) is 0 Å². The minimum absolute atomic E-state index is 0.524. The third-order valence-corrected chi connectivity index (χ3v) is 3.55. The van der Waals surface area contributed by atoms with Crippen molar-refractivity contribution in [2.75, 3.05) is 0 Å². The fraction of sp³-hybridized carbons (Fsp3) is 0.867. The molecule has 0 heteroatoms. The fourth-order valence-corrected chi connectivity index (χ4v) is 2.98. The van der Waals surface area contributed by atoms with Gasteiger partial charge in [-0.25, -0.2) is 0 Å². The second-order valence-electron chi connectivity index (χ2n) is 6.01. The molecule has 0 amide bonds. The maximum absolute atomic E-state index is 2.60. The lowest BCUT2D eigenvalue weighted by Gasteiger charge is -2.23. The summed E-state index contributed by atoms with van der Waals surface area (Å²) in [5.41, 5.74) is 2.27. The van der Waals surface area contributed by atoms with Crippen molar-refractivity contribution in [1.29, 1.82) is 0 Å². The second-order valence-corrected chi connectivity index (χ2v) is 6.01. The van der Waals surface area contributed by atoms with Gasteiger partial charge < -0.3 is 0 Å². The molecule has 0 aromatic carbocycles. The average Bonchev–Trinajstić information content (AvgIpc) is 2.46. The van der Waals surface area contributed by atoms with E-state index < -0.39 is 0 Å². The molecule has 0 spiro atoms. The largest absolute Gasteiger partial charge is 0.0794 e. The number of hydrogen-bond donors (Lipinski definition) is 0. The Morgan fingerprint density at radius 1 is 1.33 bits per heavy atom. The van der Waals surface area contributed by atoms with Crippen LogP contribution in [0.5, 0.6) is 0 Å². The van der Waals surface area contributed by atoms with Crippen LogP contribution in [0.25, 0.3) is 0 Å². The maximum Gasteiger partial charge on any atom is -0.0138 e. The van der Waals surface area contributed by atoms with E-state index in [0.717, 1.165) is 5.92 Å². The molecule has 0 heterocycles. The predicted octanol–water partition coefficient (Wildman–Crippen LogP) is 5.34. The molecule has 15 heavy (non-hydrogen) atoms. The molecule has 0 fully saturated rings. The highest BCUT2D eigenvalue weighted by Gasteiger charge is 2.28. The Morgan fingerprint density at radius 2 is 2.07 bits per heavy atom. The molecule has 0 nitrogen and oxygen atoms in total. The van der Waals surface area contributed by atoms with Gasteiger partial charge in [0.05, 0.1) is 0 Å². The van der Waals surface area contributed by atoms with Crippen molar-refractivity contribution in [2.45, 2.75) is 72.6 Å². The lowest BCUT2D eigenvalue weighted by atomic mass is 9.82. The van der Waals surface area contributed by atoms with E-state index in [0.29, 0.717) is 5.41 Å². The van der Waals surface area contributed by atoms with E-state index in [1.54, 1.807) is 5.57 Å². The monoisotopic (exact) mass is 208 g/mol. The summed E-state index contributed by atoms with van der Waals surface area (Å²) in [4.78, 5) is 0. The minimum Gasteiger partial charge on any atom is -0.0794 e. The van der Waals surface area contributed by atoms with E-state index in [2.05, 4.69) is 33.8 Å². The number of hydrogen-bond acceptors (Lipinski definition) is 0. The molecule has 0 radical (unpaired) electrons. The Balaban J connectivity index is 2.38. The van der Waals surface area contributed by atoms with Crippen molar-refractivity contribution in [2.24, 2.45) is 11.3 Å². The summed E-state index contributed by atoms with van der Waals surface area (Å²) in [6.07, 6.45) is 12.2. The summed E-state index contributed by atoms with van der Waals surface area (Å²) < 4.78 is 0. The molecule has 1 aliphatic carbocycles. The van der Waals surface area contributed by atoms with Crippen LogP contribution >= 0.6 is 0 Å². The molecule has 0 aromatic heterocycles. The van der Waals surface area contributed by atoms with Gasteiger partial charge in [-0.3, -0.25) is 0 Å². The molecular weight excluding hydrogens is 180 g/mol. The van der Waals surface area contributed by atoms with E-state index in [-0.39, 0.29) is 0 Å². The average molecular weight is 208 g/mol. The summed E-state index contributed by atoms with van der Waals surface area (Å²) in [7, 11) is 0. The van der Waals surface area contributed by atoms with Crippen molar-refractivity contribution in [3.8, 4) is 0 Å². The topological polar surface area (TPSA) is 0 Å². The van der Waals surface area contributed by atoms with E-state index in [9.17, 15) is 0 Å². The first-order valence-corrected chi connectivity index (χ1v) is 6.76. The molecule has 1 atom stereocenters. The van der Waals surface area contributed by atoms with E-state index >= 15 is 0 Å². The highest BCUT2D eigenvalue weighted by Crippen LogP contribution is 2.41. The van der Waals surface area contributed by atoms with Crippen LogP contribution in [0.1, 0.15) is 72.6 Å². The van der Waals surface area contributed by atoms with Gasteiger partial charge in [-0.15, -0.1) is 0 Å². The first kappa shape index (κ1) is 12.8. The van der Waals surface area contributed by atoms with Gasteiger partial charge in [-0.05, 0) is 43.4 Å². The Morgan fingerprint density at radius 3 is 2.67 bits per heavy atom. The Hall–Kier alpha value is -0.260. The van der Waals surface area contributed by atoms with Crippen LogP contribution in [0, 0.1) is 11.3 Å². The maximum atomic E-state index is 2.60. The molecule has 0 aliphatic heterocycles. The molecule has 0 saturated heterocycles. The number of unbranched alkanes of at least 4 members (excludes halogenated alkanes) is 2. The zero-order valence-electron chi connectivity index (χ0n) is 11.1. The molecule has 88 valence electrons. The molecule has 0 aromatic rings. The summed E-state index contributed by atoms with van der Waals surface area (Å²) >= 11 is 0. The van der Waals surface area contributed by atoms with Gasteiger partial charge in [0, 0.05) is 0 Å². The van der Waals surface area contributed by atoms with Gasteiger partial charge in [-0.1, -0.05) is 52.2 Å². The van der Waals surface area contributed by atoms with Crippen LogP contribution in [0.3, 0.4) is 0 Å². The smallest absolute Gasteiger partial charge is 0.0138 e. The van der Waals surface area contributed by atoms with Gasteiger partial charge in [-0.2, -0.15) is 0 Å². The summed E-state index contributed by atoms with van der Waals surface area (Å²) in [6.45, 7) is 9.41. The first-order valence-electron chi connectivity index (χ1n) is 6.76. The van der Waals surface area contributed by atoms with Crippen molar-refractivity contribution in [1.82, 2.24) is 0 Å². The van der Waals surface area contributed by atoms with Crippen LogP contribution in [0.15, 0.2) is 11.6 Å². The van der Waals surface area contributed by atoms with Crippen LogP contribution in [-0.4, -0.2) is 0 Å². The van der Waals surface area contributed by atoms with Crippen molar-refractivity contribution < 1.29 is 0 Å². The van der Waals surface area contributed by atoms with Crippen LogP contribution < -0.4 is 0 Å². The van der Waals surface area contributed by atoms with Gasteiger partial charge in [0.25, 0.3) is 0 Å². The zero-order chi connectivity index (χ0) is 11.3. The fourth-order valence-electron chi connectivity index (χ4n) is 2.98. The molecule has 1 aliphatic rings. The standard InChI is InChI=1S/C15H28/c1-5-6-7-8-14-9-10-15(4,12-14)11-13(2)3/h12-13H,5-11H2,1-4H3. The normalized spacial score (nSPS) is 26.1. The Labute approximate surface area is 96.2 Å². The van der Waals surface area contributed by atoms with Crippen LogP contribution in [-0.2, 0) is 0 Å². The van der Waals surface area contributed by atoms with E-state index in [1.165, 1.54) is 44.9 Å². The van der Waals surface area contributed by atoms with Gasteiger partial charge in [0.1, 0.15) is 0 Å². The second kappa shape index (κ2) is 5.72. The number of allylic oxidation sites excluding steroid dienone is 2. The highest BCUT2D eigenvalue weighted by atomic mass is 14.3. The van der Waals surface area contributed by atoms with Crippen LogP contribution in [0.4, 0.5) is 0 Å². The highest BCUT2D eigenvalue weighted by molar-refractivity contribution is 5.16. The van der Waals surface area contributed by atoms with Crippen molar-refractivity contribution >= 4 is 0 Å². The molecule has 0 saturated carbocycles. The Bertz CT molecular complexity index is 212. The molecular formula is C15H28. The lowest BCUT2D eigenvalue weighted by Crippen LogP contribution is -2.12. The third-order valence-electron chi connectivity index (χ3n) is 3.55. The first-order chi connectivity index (χ1) is 7.06. The quantitative estimate of drug-likeness (QED) is 0.408. The van der Waals surface area contributed by atoms with Crippen molar-refractivity contribution in [3.05, 3.63) is 11.6 Å². The molecule has 1 unspecified atom stereocenters. The van der Waals surface area contributed by atoms with Gasteiger partial charge in [0.15, 0.2) is 0 Å².